The van der Waals surface area contributed by atoms with Gasteiger partial charge < -0.3 is 14.6 Å². The van der Waals surface area contributed by atoms with E-state index in [1.807, 2.05) is 69.6 Å². The van der Waals surface area contributed by atoms with E-state index in [0.717, 1.165) is 38.7 Å². The van der Waals surface area contributed by atoms with Crippen molar-refractivity contribution in [2.45, 2.75) is 39.5 Å². The molecule has 0 unspecified atom stereocenters. The van der Waals surface area contributed by atoms with Gasteiger partial charge in [-0.15, -0.1) is 10.2 Å². The van der Waals surface area contributed by atoms with Gasteiger partial charge in [-0.25, -0.2) is 0 Å². The molecule has 0 saturated heterocycles. The molecule has 0 radical (unpaired) electrons. The number of nitrogens with zero attached hydrogens (tertiary/aromatic N) is 3. The summed E-state index contributed by atoms with van der Waals surface area (Å²) in [5.41, 5.74) is 4.98. The molecule has 0 spiro atoms. The molecule has 1 aromatic heterocycles. The fourth-order valence-corrected chi connectivity index (χ4v) is 3.78. The van der Waals surface area contributed by atoms with E-state index in [1.54, 1.807) is 0 Å². The minimum atomic E-state index is -0.0818. The number of thioether (sulfide) groups is 1. The molecule has 2 aromatic carbocycles. The minimum Gasteiger partial charge on any atom is -0.486 e. The van der Waals surface area contributed by atoms with Crippen LogP contribution >= 0.6 is 23.4 Å². The van der Waals surface area contributed by atoms with Crippen molar-refractivity contribution in [3.05, 3.63) is 63.4 Å². The Morgan fingerprint density at radius 1 is 1.13 bits per heavy atom. The van der Waals surface area contributed by atoms with Crippen molar-refractivity contribution < 1.29 is 9.53 Å². The zero-order chi connectivity index (χ0) is 21.8. The smallest absolute Gasteiger partial charge is 0.234 e. The number of anilines is 1. The monoisotopic (exact) mass is 444 g/mol. The lowest BCUT2D eigenvalue weighted by Crippen LogP contribution is -2.15. The van der Waals surface area contributed by atoms with E-state index in [4.69, 9.17) is 16.3 Å². The van der Waals surface area contributed by atoms with E-state index in [-0.39, 0.29) is 18.3 Å². The first-order valence-corrected chi connectivity index (χ1v) is 10.9. The average molecular weight is 445 g/mol. The van der Waals surface area contributed by atoms with Crippen molar-refractivity contribution in [2.24, 2.45) is 7.05 Å². The zero-order valence-corrected chi connectivity index (χ0v) is 19.3. The largest absolute Gasteiger partial charge is 0.486 e. The second-order valence-corrected chi connectivity index (χ2v) is 8.52. The normalized spacial score (nSPS) is 10.9. The van der Waals surface area contributed by atoms with Crippen LogP contribution in [0, 0.1) is 27.7 Å². The molecule has 0 saturated carbocycles. The fourth-order valence-electron chi connectivity index (χ4n) is 2.94. The maximum Gasteiger partial charge on any atom is 0.234 e. The third-order valence-electron chi connectivity index (χ3n) is 4.91. The number of benzene rings is 2. The van der Waals surface area contributed by atoms with Crippen LogP contribution in [0.15, 0.2) is 35.5 Å². The number of halogens is 1. The highest BCUT2D eigenvalue weighted by atomic mass is 35.5. The third-order valence-corrected chi connectivity index (χ3v) is 6.53. The number of ether oxygens (including phenoxy) is 1. The van der Waals surface area contributed by atoms with E-state index in [0.29, 0.717) is 11.0 Å². The van der Waals surface area contributed by atoms with Crippen molar-refractivity contribution in [3.63, 3.8) is 0 Å². The summed E-state index contributed by atoms with van der Waals surface area (Å²) < 4.78 is 7.70. The molecular formula is C22H25ClN4O2S. The molecular weight excluding hydrogens is 420 g/mol. The minimum absolute atomic E-state index is 0.0818. The first-order valence-electron chi connectivity index (χ1n) is 9.53. The van der Waals surface area contributed by atoms with Crippen LogP contribution in [0.4, 0.5) is 5.69 Å². The number of carbonyl (C=O) groups is 1. The fraction of sp³-hybridized carbons (Fsp3) is 0.318. The summed E-state index contributed by atoms with van der Waals surface area (Å²) in [5, 5.41) is 12.7. The Kier molecular flexibility index (Phi) is 7.05. The molecule has 1 N–H and O–H groups in total. The van der Waals surface area contributed by atoms with Gasteiger partial charge >= 0.3 is 0 Å². The van der Waals surface area contributed by atoms with E-state index in [1.165, 1.54) is 11.8 Å². The van der Waals surface area contributed by atoms with E-state index in [9.17, 15) is 4.79 Å². The van der Waals surface area contributed by atoms with Gasteiger partial charge in [0.05, 0.1) is 5.75 Å². The number of carbonyl (C=O) groups excluding carboxylic acids is 1. The van der Waals surface area contributed by atoms with Crippen LogP contribution in [0.2, 0.25) is 5.02 Å². The van der Waals surface area contributed by atoms with E-state index < -0.39 is 0 Å². The highest BCUT2D eigenvalue weighted by Gasteiger charge is 2.13. The lowest BCUT2D eigenvalue weighted by molar-refractivity contribution is -0.113. The average Bonchev–Trinajstić information content (AvgIpc) is 3.06. The summed E-state index contributed by atoms with van der Waals surface area (Å²) >= 11 is 7.54. The van der Waals surface area contributed by atoms with Crippen LogP contribution in [0.1, 0.15) is 28.1 Å². The van der Waals surface area contributed by atoms with Crippen LogP contribution in [0.25, 0.3) is 0 Å². The predicted molar refractivity (Wildman–Crippen MR) is 122 cm³/mol. The molecule has 1 amide bonds. The van der Waals surface area contributed by atoms with Crippen LogP contribution in [0.5, 0.6) is 5.75 Å². The molecule has 158 valence electrons. The van der Waals surface area contributed by atoms with Crippen molar-refractivity contribution in [3.8, 4) is 5.75 Å². The molecule has 0 bridgehead atoms. The number of hydrogen-bond acceptors (Lipinski definition) is 5. The lowest BCUT2D eigenvalue weighted by Gasteiger charge is -2.10. The van der Waals surface area contributed by atoms with Crippen molar-refractivity contribution in [2.75, 3.05) is 11.1 Å². The van der Waals surface area contributed by atoms with Crippen molar-refractivity contribution >= 4 is 35.0 Å². The van der Waals surface area contributed by atoms with Gasteiger partial charge in [-0.1, -0.05) is 35.5 Å². The lowest BCUT2D eigenvalue weighted by atomic mass is 10.1. The zero-order valence-electron chi connectivity index (χ0n) is 17.7. The molecule has 6 nitrogen and oxygen atoms in total. The highest BCUT2D eigenvalue weighted by Crippen LogP contribution is 2.26. The second kappa shape index (κ2) is 9.53. The Bertz CT molecular complexity index is 1060. The number of aromatic nitrogens is 3. The number of hydrogen-bond donors (Lipinski definition) is 1. The molecule has 3 aromatic rings. The SMILES string of the molecule is Cc1cccc(NC(=O)CSc2nnc(COc3cc(C)c(Cl)c(C)c3)n2C)c1C. The van der Waals surface area contributed by atoms with Crippen LogP contribution < -0.4 is 10.1 Å². The molecule has 0 atom stereocenters. The van der Waals surface area contributed by atoms with E-state index >= 15 is 0 Å². The summed E-state index contributed by atoms with van der Waals surface area (Å²) in [7, 11) is 1.86. The molecule has 3 rings (SSSR count). The number of rotatable bonds is 7. The number of aryl methyl sites for hydroxylation is 3. The second-order valence-electron chi connectivity index (χ2n) is 7.20. The van der Waals surface area contributed by atoms with Gasteiger partial charge in [0.2, 0.25) is 5.91 Å². The summed E-state index contributed by atoms with van der Waals surface area (Å²) in [6, 6.07) is 9.67. The summed E-state index contributed by atoms with van der Waals surface area (Å²) in [4.78, 5) is 12.3. The van der Waals surface area contributed by atoms with Crippen LogP contribution in [-0.2, 0) is 18.4 Å². The standard InChI is InChI=1S/C22H25ClN4O2S/c1-13-7-6-8-18(16(13)4)24-20(28)12-30-22-26-25-19(27(22)5)11-29-17-9-14(2)21(23)15(3)10-17/h6-10H,11-12H2,1-5H3,(H,24,28). The van der Waals surface area contributed by atoms with E-state index in [2.05, 4.69) is 15.5 Å². The molecule has 0 fully saturated rings. The van der Waals surface area contributed by atoms with Gasteiger partial charge in [0.25, 0.3) is 0 Å². The van der Waals surface area contributed by atoms with Crippen LogP contribution in [-0.4, -0.2) is 26.4 Å². The Balaban J connectivity index is 1.57. The molecule has 0 aliphatic heterocycles. The molecule has 8 heteroatoms. The molecule has 30 heavy (non-hydrogen) atoms. The molecule has 0 aliphatic rings. The van der Waals surface area contributed by atoms with Gasteiger partial charge in [-0.2, -0.15) is 0 Å². The van der Waals surface area contributed by atoms with Crippen molar-refractivity contribution in [1.29, 1.82) is 0 Å². The highest BCUT2D eigenvalue weighted by molar-refractivity contribution is 7.99. The molecule has 0 aliphatic carbocycles. The Labute approximate surface area is 186 Å². The quantitative estimate of drug-likeness (QED) is 0.518. The van der Waals surface area contributed by atoms with Gasteiger partial charge in [0.15, 0.2) is 11.0 Å². The molecule has 1 heterocycles. The Morgan fingerprint density at radius 2 is 1.83 bits per heavy atom. The Morgan fingerprint density at radius 3 is 2.53 bits per heavy atom. The maximum absolute atomic E-state index is 12.3. The maximum atomic E-state index is 12.3. The van der Waals surface area contributed by atoms with Crippen molar-refractivity contribution in [1.82, 2.24) is 14.8 Å². The topological polar surface area (TPSA) is 69.0 Å². The van der Waals surface area contributed by atoms with Gasteiger partial charge in [-0.3, -0.25) is 4.79 Å². The predicted octanol–water partition coefficient (Wildman–Crippen LogP) is 5.01. The third kappa shape index (κ3) is 5.15. The summed E-state index contributed by atoms with van der Waals surface area (Å²) in [6.45, 7) is 8.19. The first-order chi connectivity index (χ1) is 14.3. The van der Waals surface area contributed by atoms with Crippen LogP contribution in [0.3, 0.4) is 0 Å². The number of amides is 1. The Hall–Kier alpha value is -2.51. The van der Waals surface area contributed by atoms with Gasteiger partial charge in [0, 0.05) is 17.8 Å². The van der Waals surface area contributed by atoms with Gasteiger partial charge in [0.1, 0.15) is 12.4 Å². The summed E-state index contributed by atoms with van der Waals surface area (Å²) in [5.74, 6) is 1.58. The summed E-state index contributed by atoms with van der Waals surface area (Å²) in [6.07, 6.45) is 0. The number of nitrogens with one attached hydrogen (secondary N) is 1. The first kappa shape index (κ1) is 22.2. The van der Waals surface area contributed by atoms with Gasteiger partial charge in [-0.05, 0) is 68.1 Å².